The first-order chi connectivity index (χ1) is 11.6. The van der Waals surface area contributed by atoms with Gasteiger partial charge < -0.3 is 20.3 Å². The van der Waals surface area contributed by atoms with E-state index in [4.69, 9.17) is 4.52 Å². The van der Waals surface area contributed by atoms with E-state index in [1.807, 2.05) is 20.8 Å². The highest BCUT2D eigenvalue weighted by molar-refractivity contribution is 8.00. The molecule has 0 bridgehead atoms. The Bertz CT molecular complexity index is 609. The lowest BCUT2D eigenvalue weighted by molar-refractivity contribution is -0.141. The number of hydrogen-bond donors (Lipinski definition) is 3. The number of thioether (sulfide) groups is 1. The number of aliphatic carboxylic acids is 1. The molecule has 1 unspecified atom stereocenters. The van der Waals surface area contributed by atoms with Gasteiger partial charge in [-0.1, -0.05) is 25.9 Å². The van der Waals surface area contributed by atoms with Crippen LogP contribution in [0.2, 0.25) is 0 Å². The molecule has 0 aliphatic heterocycles. The van der Waals surface area contributed by atoms with Gasteiger partial charge in [-0.25, -0.2) is 4.79 Å². The first-order valence-electron chi connectivity index (χ1n) is 7.90. The molecule has 1 atom stereocenters. The molecule has 0 fully saturated rings. The second kappa shape index (κ2) is 9.45. The third-order valence-electron chi connectivity index (χ3n) is 3.18. The molecule has 2 amide bonds. The van der Waals surface area contributed by atoms with Crippen molar-refractivity contribution in [1.82, 2.24) is 10.5 Å². The molecule has 1 heterocycles. The summed E-state index contributed by atoms with van der Waals surface area (Å²) < 4.78 is 4.83. The van der Waals surface area contributed by atoms with Crippen LogP contribution in [0.15, 0.2) is 10.6 Å². The lowest BCUT2D eigenvalue weighted by Gasteiger charge is -2.21. The fourth-order valence-corrected chi connectivity index (χ4v) is 2.54. The van der Waals surface area contributed by atoms with Crippen LogP contribution in [-0.4, -0.2) is 45.6 Å². The Hall–Kier alpha value is -2.03. The van der Waals surface area contributed by atoms with Gasteiger partial charge >= 0.3 is 5.97 Å². The molecular formula is C16H25N3O5S. The van der Waals surface area contributed by atoms with Crippen molar-refractivity contribution in [2.75, 3.05) is 16.8 Å². The molecule has 0 aliphatic rings. The summed E-state index contributed by atoms with van der Waals surface area (Å²) in [6.07, 6.45) is 1.04. The predicted octanol–water partition coefficient (Wildman–Crippen LogP) is 2.05. The normalized spacial score (nSPS) is 12.5. The van der Waals surface area contributed by atoms with Gasteiger partial charge in [0.15, 0.2) is 5.82 Å². The van der Waals surface area contributed by atoms with E-state index in [1.165, 1.54) is 0 Å². The number of hydrogen-bond acceptors (Lipinski definition) is 6. The van der Waals surface area contributed by atoms with Crippen molar-refractivity contribution >= 4 is 35.4 Å². The number of carboxylic acid groups (broad SMARTS) is 1. The van der Waals surface area contributed by atoms with Crippen molar-refractivity contribution in [1.29, 1.82) is 0 Å². The maximum absolute atomic E-state index is 11.9. The van der Waals surface area contributed by atoms with Gasteiger partial charge in [-0.3, -0.25) is 9.59 Å². The zero-order valence-corrected chi connectivity index (χ0v) is 15.7. The molecular weight excluding hydrogens is 346 g/mol. The molecule has 1 aromatic rings. The predicted molar refractivity (Wildman–Crippen MR) is 95.5 cm³/mol. The van der Waals surface area contributed by atoms with E-state index in [9.17, 15) is 19.5 Å². The number of amides is 2. The van der Waals surface area contributed by atoms with Crippen molar-refractivity contribution in [3.8, 4) is 0 Å². The molecule has 9 heteroatoms. The van der Waals surface area contributed by atoms with Crippen LogP contribution in [0.3, 0.4) is 0 Å². The van der Waals surface area contributed by atoms with Gasteiger partial charge in [0.05, 0.1) is 11.5 Å². The first-order valence-corrected chi connectivity index (χ1v) is 9.05. The largest absolute Gasteiger partial charge is 0.480 e. The summed E-state index contributed by atoms with van der Waals surface area (Å²) in [6, 6.07) is 0.668. The molecule has 0 spiro atoms. The summed E-state index contributed by atoms with van der Waals surface area (Å²) in [4.78, 5) is 34.8. The molecule has 0 aliphatic carbocycles. The zero-order chi connectivity index (χ0) is 19.0. The fourth-order valence-electron chi connectivity index (χ4n) is 1.91. The van der Waals surface area contributed by atoms with Gasteiger partial charge in [0.25, 0.3) is 0 Å². The smallest absolute Gasteiger partial charge is 0.326 e. The van der Waals surface area contributed by atoms with Crippen molar-refractivity contribution in [3.63, 3.8) is 0 Å². The minimum absolute atomic E-state index is 0.00452. The number of nitrogens with zero attached hydrogens (tertiary/aromatic N) is 1. The molecule has 0 radical (unpaired) electrons. The highest BCUT2D eigenvalue weighted by Gasteiger charge is 2.22. The maximum Gasteiger partial charge on any atom is 0.326 e. The molecule has 25 heavy (non-hydrogen) atoms. The Morgan fingerprint density at radius 3 is 2.44 bits per heavy atom. The Balaban J connectivity index is 2.32. The Kier molecular flexibility index (Phi) is 7.95. The summed E-state index contributed by atoms with van der Waals surface area (Å²) in [5.41, 5.74) is -0.00919. The van der Waals surface area contributed by atoms with E-state index < -0.39 is 17.9 Å². The molecule has 140 valence electrons. The van der Waals surface area contributed by atoms with Gasteiger partial charge in [-0.05, 0) is 25.2 Å². The average molecular weight is 371 g/mol. The fraction of sp³-hybridized carbons (Fsp3) is 0.625. The van der Waals surface area contributed by atoms with Crippen LogP contribution in [0, 0.1) is 12.3 Å². The Labute approximate surface area is 151 Å². The van der Waals surface area contributed by atoms with Gasteiger partial charge in [-0.2, -0.15) is 0 Å². The lowest BCUT2D eigenvalue weighted by atomic mass is 9.88. The summed E-state index contributed by atoms with van der Waals surface area (Å²) >= 11 is 1.10. The number of anilines is 1. The van der Waals surface area contributed by atoms with E-state index in [-0.39, 0.29) is 22.8 Å². The molecule has 1 aromatic heterocycles. The van der Waals surface area contributed by atoms with E-state index in [0.717, 1.165) is 11.8 Å². The quantitative estimate of drug-likeness (QED) is 0.607. The number of rotatable bonds is 9. The molecule has 1 rings (SSSR count). The second-order valence-corrected chi connectivity index (χ2v) is 7.91. The van der Waals surface area contributed by atoms with Crippen LogP contribution in [0.5, 0.6) is 0 Å². The Morgan fingerprint density at radius 2 is 1.92 bits per heavy atom. The molecule has 0 saturated heterocycles. The monoisotopic (exact) mass is 371 g/mol. The van der Waals surface area contributed by atoms with Crippen molar-refractivity contribution in [2.45, 2.75) is 46.6 Å². The highest BCUT2D eigenvalue weighted by Crippen LogP contribution is 2.21. The van der Waals surface area contributed by atoms with E-state index in [1.54, 1.807) is 13.0 Å². The number of aromatic nitrogens is 1. The average Bonchev–Trinajstić information content (AvgIpc) is 2.87. The SMILES string of the molecule is Cc1cc(NC(=O)CSCC(=O)NC(CCC(C)(C)C)C(=O)O)no1. The van der Waals surface area contributed by atoms with E-state index in [0.29, 0.717) is 24.4 Å². The molecule has 3 N–H and O–H groups in total. The van der Waals surface area contributed by atoms with Crippen LogP contribution in [0.25, 0.3) is 0 Å². The van der Waals surface area contributed by atoms with E-state index in [2.05, 4.69) is 15.8 Å². The van der Waals surface area contributed by atoms with Crippen LogP contribution in [0.1, 0.15) is 39.4 Å². The van der Waals surface area contributed by atoms with Crippen LogP contribution >= 0.6 is 11.8 Å². The van der Waals surface area contributed by atoms with Gasteiger partial charge in [0.1, 0.15) is 11.8 Å². The number of carbonyl (C=O) groups excluding carboxylic acids is 2. The number of carboxylic acids is 1. The van der Waals surface area contributed by atoms with E-state index >= 15 is 0 Å². The summed E-state index contributed by atoms with van der Waals surface area (Å²) in [6.45, 7) is 7.75. The summed E-state index contributed by atoms with van der Waals surface area (Å²) in [5, 5.41) is 17.9. The highest BCUT2D eigenvalue weighted by atomic mass is 32.2. The Morgan fingerprint density at radius 1 is 1.28 bits per heavy atom. The summed E-state index contributed by atoms with van der Waals surface area (Å²) in [5.74, 6) is -0.811. The molecule has 0 saturated carbocycles. The van der Waals surface area contributed by atoms with Crippen molar-refractivity contribution in [3.05, 3.63) is 11.8 Å². The maximum atomic E-state index is 11.9. The van der Waals surface area contributed by atoms with Crippen molar-refractivity contribution in [2.24, 2.45) is 5.41 Å². The zero-order valence-electron chi connectivity index (χ0n) is 14.9. The number of carbonyl (C=O) groups is 3. The number of aryl methyl sites for hydroxylation is 1. The number of nitrogens with one attached hydrogen (secondary N) is 2. The third kappa shape index (κ3) is 9.13. The first kappa shape index (κ1) is 21.0. The third-order valence-corrected chi connectivity index (χ3v) is 4.11. The topological polar surface area (TPSA) is 122 Å². The molecule has 8 nitrogen and oxygen atoms in total. The van der Waals surface area contributed by atoms with Gasteiger partial charge in [0, 0.05) is 6.07 Å². The van der Waals surface area contributed by atoms with Gasteiger partial charge in [0.2, 0.25) is 11.8 Å². The summed E-state index contributed by atoms with van der Waals surface area (Å²) in [7, 11) is 0. The van der Waals surface area contributed by atoms with Crippen molar-refractivity contribution < 1.29 is 24.0 Å². The minimum Gasteiger partial charge on any atom is -0.480 e. The van der Waals surface area contributed by atoms with Crippen LogP contribution < -0.4 is 10.6 Å². The standard InChI is InChI=1S/C16H25N3O5S/c1-10-7-12(19-24-10)18-14(21)9-25-8-13(20)17-11(15(22)23)5-6-16(2,3)4/h7,11H,5-6,8-9H2,1-4H3,(H,17,20)(H,22,23)(H,18,19,21). The van der Waals surface area contributed by atoms with Gasteiger partial charge in [-0.15, -0.1) is 11.8 Å². The van der Waals surface area contributed by atoms with Crippen LogP contribution in [-0.2, 0) is 14.4 Å². The minimum atomic E-state index is -1.05. The second-order valence-electron chi connectivity index (χ2n) is 6.92. The van der Waals surface area contributed by atoms with Crippen LogP contribution in [0.4, 0.5) is 5.82 Å². The lowest BCUT2D eigenvalue weighted by Crippen LogP contribution is -2.42. The molecule has 0 aromatic carbocycles.